The summed E-state index contributed by atoms with van der Waals surface area (Å²) in [6.45, 7) is 2.81. The average molecular weight is 302 g/mol. The average Bonchev–Trinajstić information content (AvgIpc) is 2.31. The van der Waals surface area contributed by atoms with Gasteiger partial charge < -0.3 is 4.74 Å². The molecule has 2 aromatic rings. The first-order chi connectivity index (χ1) is 9.70. The fourth-order valence-electron chi connectivity index (χ4n) is 1.81. The third-order valence-electron chi connectivity index (χ3n) is 2.87. The zero-order valence-corrected chi connectivity index (χ0v) is 11.2. The van der Waals surface area contributed by atoms with Crippen molar-refractivity contribution >= 4 is 0 Å². The summed E-state index contributed by atoms with van der Waals surface area (Å²) in [4.78, 5) is 0. The van der Waals surface area contributed by atoms with E-state index in [0.29, 0.717) is 0 Å². The van der Waals surface area contributed by atoms with Crippen LogP contribution in [0.15, 0.2) is 30.3 Å². The van der Waals surface area contributed by atoms with Gasteiger partial charge in [-0.2, -0.15) is 8.78 Å². The van der Waals surface area contributed by atoms with Crippen LogP contribution in [0.3, 0.4) is 0 Å². The molecule has 6 heteroatoms. The Morgan fingerprint density at radius 3 is 1.95 bits per heavy atom. The summed E-state index contributed by atoms with van der Waals surface area (Å²) in [5.41, 5.74) is -1.11. The van der Waals surface area contributed by atoms with E-state index in [1.54, 1.807) is 0 Å². The molecule has 0 radical (unpaired) electrons. The molecule has 0 atom stereocenters. The Labute approximate surface area is 118 Å². The van der Waals surface area contributed by atoms with E-state index in [9.17, 15) is 22.0 Å². The lowest BCUT2D eigenvalue weighted by Crippen LogP contribution is -2.25. The quantitative estimate of drug-likeness (QED) is 0.737. The lowest BCUT2D eigenvalue weighted by molar-refractivity contribution is -0.189. The molecule has 2 aromatic carbocycles. The maximum absolute atomic E-state index is 13.9. The lowest BCUT2D eigenvalue weighted by Gasteiger charge is -2.19. The van der Waals surface area contributed by atoms with Gasteiger partial charge in [-0.25, -0.2) is 13.2 Å². The second-order valence-electron chi connectivity index (χ2n) is 4.63. The van der Waals surface area contributed by atoms with Crippen LogP contribution in [0.25, 0.3) is 0 Å². The molecule has 0 fully saturated rings. The van der Waals surface area contributed by atoms with Crippen LogP contribution in [0.2, 0.25) is 0 Å². The summed E-state index contributed by atoms with van der Waals surface area (Å²) in [7, 11) is 0. The molecule has 0 aliphatic heterocycles. The summed E-state index contributed by atoms with van der Waals surface area (Å²) < 4.78 is 72.5. The SMILES string of the molecule is Cc1cc(F)c(C(F)(F)Oc2ccc(C)c(F)c2)c(F)c1. The number of aryl methyl sites for hydroxylation is 2. The Balaban J connectivity index is 2.40. The second kappa shape index (κ2) is 5.35. The molecule has 0 amide bonds. The van der Waals surface area contributed by atoms with E-state index in [4.69, 9.17) is 0 Å². The van der Waals surface area contributed by atoms with E-state index < -0.39 is 34.9 Å². The summed E-state index contributed by atoms with van der Waals surface area (Å²) in [6, 6.07) is 4.59. The molecular formula is C15H11F5O. The van der Waals surface area contributed by atoms with Gasteiger partial charge in [0.1, 0.15) is 28.8 Å². The largest absolute Gasteiger partial charge is 0.432 e. The topological polar surface area (TPSA) is 9.23 Å². The van der Waals surface area contributed by atoms with Crippen LogP contribution in [0, 0.1) is 31.3 Å². The van der Waals surface area contributed by atoms with Gasteiger partial charge in [0.25, 0.3) is 0 Å². The van der Waals surface area contributed by atoms with Crippen LogP contribution in [-0.2, 0) is 6.11 Å². The van der Waals surface area contributed by atoms with Crippen LogP contribution in [0.1, 0.15) is 16.7 Å². The van der Waals surface area contributed by atoms with Crippen LogP contribution >= 0.6 is 0 Å². The van der Waals surface area contributed by atoms with E-state index in [2.05, 4.69) is 4.74 Å². The standard InChI is InChI=1S/C15H11F5O/c1-8-5-12(17)14(13(18)6-8)15(19,20)21-10-4-3-9(2)11(16)7-10/h3-7H,1-2H3. The van der Waals surface area contributed by atoms with Crippen molar-refractivity contribution in [3.63, 3.8) is 0 Å². The predicted octanol–water partition coefficient (Wildman–Crippen LogP) is 4.85. The van der Waals surface area contributed by atoms with Crippen LogP contribution in [-0.4, -0.2) is 0 Å². The van der Waals surface area contributed by atoms with Crippen LogP contribution in [0.4, 0.5) is 22.0 Å². The number of alkyl halides is 2. The Hall–Kier alpha value is -2.11. The fraction of sp³-hybridized carbons (Fsp3) is 0.200. The van der Waals surface area contributed by atoms with Gasteiger partial charge in [-0.3, -0.25) is 0 Å². The maximum atomic E-state index is 13.9. The highest BCUT2D eigenvalue weighted by molar-refractivity contribution is 5.31. The van der Waals surface area contributed by atoms with Crippen molar-refractivity contribution in [1.82, 2.24) is 0 Å². The van der Waals surface area contributed by atoms with Crippen molar-refractivity contribution in [1.29, 1.82) is 0 Å². The summed E-state index contributed by atoms with van der Waals surface area (Å²) in [5.74, 6) is -4.13. The normalized spacial score (nSPS) is 11.6. The molecule has 2 rings (SSSR count). The number of hydrogen-bond acceptors (Lipinski definition) is 1. The zero-order valence-electron chi connectivity index (χ0n) is 11.2. The summed E-state index contributed by atoms with van der Waals surface area (Å²) >= 11 is 0. The third kappa shape index (κ3) is 3.15. The highest BCUT2D eigenvalue weighted by Gasteiger charge is 2.41. The molecule has 0 N–H and O–H groups in total. The first kappa shape index (κ1) is 15.3. The molecule has 0 saturated carbocycles. The van der Waals surface area contributed by atoms with Crippen molar-refractivity contribution < 1.29 is 26.7 Å². The van der Waals surface area contributed by atoms with Crippen molar-refractivity contribution in [2.75, 3.05) is 0 Å². The van der Waals surface area contributed by atoms with E-state index in [1.165, 1.54) is 19.9 Å². The molecule has 0 unspecified atom stereocenters. The predicted molar refractivity (Wildman–Crippen MR) is 66.8 cm³/mol. The minimum Gasteiger partial charge on any atom is -0.429 e. The van der Waals surface area contributed by atoms with Gasteiger partial charge in [-0.1, -0.05) is 6.07 Å². The van der Waals surface area contributed by atoms with Gasteiger partial charge in [0.2, 0.25) is 0 Å². The van der Waals surface area contributed by atoms with E-state index in [1.807, 2.05) is 0 Å². The molecule has 0 spiro atoms. The molecule has 21 heavy (non-hydrogen) atoms. The van der Waals surface area contributed by atoms with Crippen molar-refractivity contribution in [3.8, 4) is 5.75 Å². The molecule has 0 aliphatic rings. The van der Waals surface area contributed by atoms with Crippen molar-refractivity contribution in [3.05, 3.63) is 64.5 Å². The molecule has 112 valence electrons. The molecule has 0 aliphatic carbocycles. The summed E-state index contributed by atoms with van der Waals surface area (Å²) in [5, 5.41) is 0. The zero-order chi connectivity index (χ0) is 15.8. The molecule has 0 saturated heterocycles. The number of benzene rings is 2. The van der Waals surface area contributed by atoms with E-state index >= 15 is 0 Å². The minimum absolute atomic E-state index is 0.158. The summed E-state index contributed by atoms with van der Waals surface area (Å²) in [6.07, 6.45) is -4.26. The number of ether oxygens (including phenoxy) is 1. The maximum Gasteiger partial charge on any atom is 0.432 e. The Morgan fingerprint density at radius 2 is 1.43 bits per heavy atom. The van der Waals surface area contributed by atoms with Crippen LogP contribution in [0.5, 0.6) is 5.75 Å². The Morgan fingerprint density at radius 1 is 0.857 bits per heavy atom. The smallest absolute Gasteiger partial charge is 0.429 e. The fourth-order valence-corrected chi connectivity index (χ4v) is 1.81. The van der Waals surface area contributed by atoms with Crippen LogP contribution < -0.4 is 4.74 Å². The lowest BCUT2D eigenvalue weighted by atomic mass is 10.1. The van der Waals surface area contributed by atoms with Gasteiger partial charge in [-0.15, -0.1) is 0 Å². The minimum atomic E-state index is -4.26. The first-order valence-corrected chi connectivity index (χ1v) is 6.00. The van der Waals surface area contributed by atoms with E-state index in [-0.39, 0.29) is 11.1 Å². The van der Waals surface area contributed by atoms with Gasteiger partial charge in [-0.05, 0) is 43.2 Å². The van der Waals surface area contributed by atoms with Gasteiger partial charge >= 0.3 is 6.11 Å². The highest BCUT2D eigenvalue weighted by atomic mass is 19.3. The number of hydrogen-bond donors (Lipinski definition) is 0. The molecular weight excluding hydrogens is 291 g/mol. The van der Waals surface area contributed by atoms with Gasteiger partial charge in [0.05, 0.1) is 0 Å². The first-order valence-electron chi connectivity index (χ1n) is 6.00. The molecule has 0 heterocycles. The second-order valence-corrected chi connectivity index (χ2v) is 4.63. The van der Waals surface area contributed by atoms with Crippen molar-refractivity contribution in [2.24, 2.45) is 0 Å². The Kier molecular flexibility index (Phi) is 3.89. The molecule has 0 bridgehead atoms. The number of rotatable bonds is 3. The van der Waals surface area contributed by atoms with Gasteiger partial charge in [0.15, 0.2) is 0 Å². The van der Waals surface area contributed by atoms with Crippen molar-refractivity contribution in [2.45, 2.75) is 20.0 Å². The number of halogens is 5. The highest BCUT2D eigenvalue weighted by Crippen LogP contribution is 2.35. The monoisotopic (exact) mass is 302 g/mol. The molecule has 0 aromatic heterocycles. The molecule has 1 nitrogen and oxygen atoms in total. The van der Waals surface area contributed by atoms with E-state index in [0.717, 1.165) is 24.3 Å². The Bertz CT molecular complexity index is 659. The third-order valence-corrected chi connectivity index (χ3v) is 2.87. The van der Waals surface area contributed by atoms with Gasteiger partial charge in [0, 0.05) is 6.07 Å².